The van der Waals surface area contributed by atoms with E-state index in [9.17, 15) is 9.59 Å². The third-order valence-corrected chi connectivity index (χ3v) is 5.76. The summed E-state index contributed by atoms with van der Waals surface area (Å²) in [6.07, 6.45) is 1.54. The highest BCUT2D eigenvalue weighted by atomic mass is 32.1. The fourth-order valence-corrected chi connectivity index (χ4v) is 3.95. The lowest BCUT2D eigenvalue weighted by Gasteiger charge is -2.33. The van der Waals surface area contributed by atoms with Gasteiger partial charge in [-0.05, 0) is 18.7 Å². The van der Waals surface area contributed by atoms with Crippen molar-refractivity contribution in [2.24, 2.45) is 0 Å². The number of carbonyl (C=O) groups is 6. The number of hydrogen-bond acceptors (Lipinski definition) is 11. The van der Waals surface area contributed by atoms with Crippen LogP contribution in [0.1, 0.15) is 17.3 Å². The predicted octanol–water partition coefficient (Wildman–Crippen LogP) is 0.682. The second kappa shape index (κ2) is 15.7. The van der Waals surface area contributed by atoms with Gasteiger partial charge in [0.05, 0.1) is 19.9 Å². The molecule has 0 saturated carbocycles. The van der Waals surface area contributed by atoms with E-state index < -0.39 is 29.8 Å². The Morgan fingerprint density at radius 3 is 1.89 bits per heavy atom. The lowest BCUT2D eigenvalue weighted by atomic mass is 10.1. The van der Waals surface area contributed by atoms with Gasteiger partial charge in [0.2, 0.25) is 5.91 Å². The molecule has 208 valence electrons. The summed E-state index contributed by atoms with van der Waals surface area (Å²) in [4.78, 5) is 65.6. The van der Waals surface area contributed by atoms with E-state index in [-0.39, 0.29) is 5.91 Å². The number of amides is 1. The topological polar surface area (TPSA) is 224 Å². The molecule has 1 aliphatic rings. The number of carboxylic acid groups (broad SMARTS) is 4. The number of nitrogens with zero attached hydrogens (tertiary/aromatic N) is 2. The van der Waals surface area contributed by atoms with Crippen LogP contribution >= 0.6 is 11.3 Å². The molecule has 0 unspecified atom stereocenters. The Labute approximate surface area is 219 Å². The van der Waals surface area contributed by atoms with Gasteiger partial charge >= 0.3 is 29.8 Å². The maximum atomic E-state index is 12.5. The Morgan fingerprint density at radius 2 is 1.47 bits per heavy atom. The number of hydrogen-bond donors (Lipinski definition) is 5. The van der Waals surface area contributed by atoms with E-state index in [2.05, 4.69) is 22.0 Å². The molecular formula is C22H27N3O12S. The van der Waals surface area contributed by atoms with Crippen LogP contribution in [-0.4, -0.2) is 112 Å². The molecule has 0 atom stereocenters. The second-order valence-corrected chi connectivity index (χ2v) is 8.18. The van der Waals surface area contributed by atoms with Crippen molar-refractivity contribution in [1.29, 1.82) is 0 Å². The Bertz CT molecular complexity index is 1070. The lowest BCUT2D eigenvalue weighted by Crippen LogP contribution is -2.48. The number of ether oxygens (including phenoxy) is 1. The van der Waals surface area contributed by atoms with Gasteiger partial charge in [-0.3, -0.25) is 9.69 Å². The number of methoxy groups -OCH3 is 1. The van der Waals surface area contributed by atoms with Crippen molar-refractivity contribution in [1.82, 2.24) is 9.80 Å². The summed E-state index contributed by atoms with van der Waals surface area (Å²) in [5.41, 5.74) is 0.954. The zero-order valence-corrected chi connectivity index (χ0v) is 21.2. The molecule has 15 nitrogen and oxygen atoms in total. The van der Waals surface area contributed by atoms with Gasteiger partial charge in [-0.1, -0.05) is 6.92 Å². The van der Waals surface area contributed by atoms with E-state index in [1.807, 2.05) is 0 Å². The van der Waals surface area contributed by atoms with Crippen molar-refractivity contribution in [2.75, 3.05) is 51.7 Å². The van der Waals surface area contributed by atoms with Gasteiger partial charge in [0.1, 0.15) is 16.3 Å². The number of carboxylic acids is 4. The van der Waals surface area contributed by atoms with Gasteiger partial charge in [0, 0.05) is 37.1 Å². The maximum Gasteiger partial charge on any atom is 0.414 e. The molecule has 0 aliphatic carbocycles. The Kier molecular flexibility index (Phi) is 13.2. The number of thiophene rings is 1. The SMILES string of the molecule is CCN1CCN(CC(=O)Nc2scc(-c3ccco3)c2C(=O)OC)CC1.O=C(O)C(=O)O.O=C(O)C(=O)O. The van der Waals surface area contributed by atoms with Gasteiger partial charge < -0.3 is 39.8 Å². The molecule has 1 aliphatic heterocycles. The largest absolute Gasteiger partial charge is 0.473 e. The number of carbonyl (C=O) groups excluding carboxylic acids is 2. The summed E-state index contributed by atoms with van der Waals surface area (Å²) in [6, 6.07) is 3.52. The van der Waals surface area contributed by atoms with E-state index in [0.29, 0.717) is 28.4 Å². The minimum atomic E-state index is -1.82. The van der Waals surface area contributed by atoms with Crippen LogP contribution in [0, 0.1) is 0 Å². The molecule has 2 aromatic heterocycles. The van der Waals surface area contributed by atoms with Gasteiger partial charge in [-0.25, -0.2) is 24.0 Å². The number of rotatable bonds is 6. The van der Waals surface area contributed by atoms with E-state index >= 15 is 0 Å². The van der Waals surface area contributed by atoms with Crippen LogP contribution in [0.5, 0.6) is 0 Å². The minimum Gasteiger partial charge on any atom is -0.473 e. The van der Waals surface area contributed by atoms with E-state index in [1.165, 1.54) is 18.4 Å². The standard InChI is InChI=1S/C18H23N3O4S.2C2H2O4/c1-3-20-6-8-21(9-7-20)11-15(22)19-17-16(18(23)24-2)13(12-26-17)14-5-4-10-25-14;2*3-1(4)2(5)6/h4-5,10,12H,3,6-9,11H2,1-2H3,(H,19,22);2*(H,3,4)(H,5,6). The van der Waals surface area contributed by atoms with Crippen LogP contribution in [0.4, 0.5) is 5.00 Å². The van der Waals surface area contributed by atoms with Crippen LogP contribution in [-0.2, 0) is 28.7 Å². The van der Waals surface area contributed by atoms with E-state index in [4.69, 9.17) is 48.8 Å². The minimum absolute atomic E-state index is 0.132. The second-order valence-electron chi connectivity index (χ2n) is 7.30. The zero-order chi connectivity index (χ0) is 28.8. The fraction of sp³-hybridized carbons (Fsp3) is 0.364. The quantitative estimate of drug-likeness (QED) is 0.243. The Morgan fingerprint density at radius 1 is 0.947 bits per heavy atom. The third kappa shape index (κ3) is 10.4. The summed E-state index contributed by atoms with van der Waals surface area (Å²) < 4.78 is 10.3. The van der Waals surface area contributed by atoms with Crippen LogP contribution in [0.25, 0.3) is 11.3 Å². The maximum absolute atomic E-state index is 12.5. The van der Waals surface area contributed by atoms with Crippen molar-refractivity contribution in [2.45, 2.75) is 6.92 Å². The van der Waals surface area contributed by atoms with Crippen LogP contribution in [0.15, 0.2) is 28.2 Å². The average molecular weight is 558 g/mol. The van der Waals surface area contributed by atoms with Gasteiger partial charge in [-0.15, -0.1) is 11.3 Å². The molecular weight excluding hydrogens is 530 g/mol. The first kappa shape index (κ1) is 31.7. The van der Waals surface area contributed by atoms with Crippen molar-refractivity contribution < 1.29 is 58.3 Å². The number of piperazine rings is 1. The van der Waals surface area contributed by atoms with Crippen LogP contribution in [0.3, 0.4) is 0 Å². The first-order valence-electron chi connectivity index (χ1n) is 10.8. The number of furan rings is 1. The highest BCUT2D eigenvalue weighted by molar-refractivity contribution is 7.15. The molecule has 3 rings (SSSR count). The number of likely N-dealkylation sites (N-methyl/N-ethyl adjacent to an activating group) is 1. The molecule has 0 bridgehead atoms. The van der Waals surface area contributed by atoms with E-state index in [0.717, 1.165) is 32.7 Å². The molecule has 0 spiro atoms. The first-order chi connectivity index (χ1) is 17.9. The van der Waals surface area contributed by atoms with Gasteiger partial charge in [0.15, 0.2) is 0 Å². The monoisotopic (exact) mass is 557 g/mol. The average Bonchev–Trinajstić information content (AvgIpc) is 3.55. The molecule has 1 fully saturated rings. The molecule has 1 amide bonds. The third-order valence-electron chi connectivity index (χ3n) is 4.87. The summed E-state index contributed by atoms with van der Waals surface area (Å²) in [5, 5.41) is 34.7. The van der Waals surface area contributed by atoms with Gasteiger partial charge in [0.25, 0.3) is 0 Å². The van der Waals surface area contributed by atoms with Crippen molar-refractivity contribution >= 4 is 52.1 Å². The van der Waals surface area contributed by atoms with E-state index in [1.54, 1.807) is 23.8 Å². The van der Waals surface area contributed by atoms with Crippen molar-refractivity contribution in [3.05, 3.63) is 29.3 Å². The highest BCUT2D eigenvalue weighted by Gasteiger charge is 2.25. The molecule has 1 saturated heterocycles. The molecule has 0 radical (unpaired) electrons. The van der Waals surface area contributed by atoms with Crippen LogP contribution in [0.2, 0.25) is 0 Å². The van der Waals surface area contributed by atoms with Gasteiger partial charge in [-0.2, -0.15) is 0 Å². The Balaban J connectivity index is 0.000000503. The molecule has 16 heteroatoms. The predicted molar refractivity (Wildman–Crippen MR) is 131 cm³/mol. The number of nitrogens with one attached hydrogen (secondary N) is 1. The number of anilines is 1. The molecule has 38 heavy (non-hydrogen) atoms. The highest BCUT2D eigenvalue weighted by Crippen LogP contribution is 2.36. The number of aliphatic carboxylic acids is 4. The zero-order valence-electron chi connectivity index (χ0n) is 20.4. The summed E-state index contributed by atoms with van der Waals surface area (Å²) in [6.45, 7) is 7.17. The number of esters is 1. The van der Waals surface area contributed by atoms with Crippen LogP contribution < -0.4 is 5.32 Å². The summed E-state index contributed by atoms with van der Waals surface area (Å²) >= 11 is 1.29. The molecule has 2 aromatic rings. The molecule has 0 aromatic carbocycles. The lowest BCUT2D eigenvalue weighted by molar-refractivity contribution is -0.159. The Hall–Kier alpha value is -4.28. The molecule has 3 heterocycles. The normalized spacial score (nSPS) is 13.1. The fourth-order valence-electron chi connectivity index (χ4n) is 3.00. The smallest absolute Gasteiger partial charge is 0.414 e. The summed E-state index contributed by atoms with van der Waals surface area (Å²) in [5.74, 6) is -7.36. The first-order valence-corrected chi connectivity index (χ1v) is 11.7. The van der Waals surface area contributed by atoms with Crippen molar-refractivity contribution in [3.8, 4) is 11.3 Å². The summed E-state index contributed by atoms with van der Waals surface area (Å²) in [7, 11) is 1.32. The molecule has 5 N–H and O–H groups in total. The van der Waals surface area contributed by atoms with Crippen molar-refractivity contribution in [3.63, 3.8) is 0 Å².